The van der Waals surface area contributed by atoms with Crippen LogP contribution in [0.5, 0.6) is 0 Å². The summed E-state index contributed by atoms with van der Waals surface area (Å²) in [6.07, 6.45) is 1.83. The third-order valence-corrected chi connectivity index (χ3v) is 10.5. The molecule has 0 spiro atoms. The zero-order chi connectivity index (χ0) is 16.1. The number of aromatic nitrogens is 1. The molecule has 0 aliphatic rings. The Bertz CT molecular complexity index is 611. The van der Waals surface area contributed by atoms with Gasteiger partial charge in [-0.3, -0.25) is 0 Å². The molecular weight excluding hydrogens is 372 g/mol. The van der Waals surface area contributed by atoms with Crippen LogP contribution in [0.3, 0.4) is 0 Å². The Morgan fingerprint density at radius 1 is 1.05 bits per heavy atom. The van der Waals surface area contributed by atoms with Crippen LogP contribution in [0.2, 0.25) is 39.3 Å². The molecule has 116 valence electrons. The van der Waals surface area contributed by atoms with E-state index in [1.807, 2.05) is 6.20 Å². The van der Waals surface area contributed by atoms with Crippen molar-refractivity contribution in [1.29, 1.82) is 0 Å². The molecule has 0 radical (unpaired) electrons. The summed E-state index contributed by atoms with van der Waals surface area (Å²) in [4.78, 5) is 0. The zero-order valence-electron chi connectivity index (χ0n) is 13.6. The van der Waals surface area contributed by atoms with Crippen LogP contribution in [0.25, 0.3) is 0 Å². The van der Waals surface area contributed by atoms with Crippen LogP contribution in [-0.2, 0) is 10.2 Å². The number of hydrogen-bond donors (Lipinski definition) is 0. The van der Waals surface area contributed by atoms with Crippen molar-refractivity contribution in [2.75, 3.05) is 14.1 Å². The van der Waals surface area contributed by atoms with Gasteiger partial charge in [0.05, 0.1) is 8.07 Å². The molecule has 1 heterocycles. The largest absolute Gasteiger partial charge is 0.306 e. The molecule has 0 atom stereocenters. The van der Waals surface area contributed by atoms with Crippen LogP contribution < -0.4 is 10.5 Å². The number of halogens is 1. The van der Waals surface area contributed by atoms with E-state index in [1.54, 1.807) is 14.1 Å². The average molecular weight is 397 g/mol. The van der Waals surface area contributed by atoms with Gasteiger partial charge in [0.2, 0.25) is 0 Å². The van der Waals surface area contributed by atoms with Crippen LogP contribution in [0.15, 0.2) is 10.7 Å². The first kappa shape index (κ1) is 18.2. The van der Waals surface area contributed by atoms with Gasteiger partial charge in [0.25, 0.3) is 0 Å². The van der Waals surface area contributed by atoms with Gasteiger partial charge in [-0.2, -0.15) is 12.7 Å². The van der Waals surface area contributed by atoms with Gasteiger partial charge in [0, 0.05) is 30.1 Å². The molecule has 0 aliphatic carbocycles. The van der Waals surface area contributed by atoms with Crippen LogP contribution in [0.4, 0.5) is 0 Å². The molecule has 1 aromatic rings. The highest BCUT2D eigenvalue weighted by Gasteiger charge is 2.35. The van der Waals surface area contributed by atoms with E-state index < -0.39 is 26.4 Å². The fourth-order valence-electron chi connectivity index (χ4n) is 2.00. The smallest absolute Gasteiger partial charge is 0.241 e. The van der Waals surface area contributed by atoms with Crippen molar-refractivity contribution in [3.05, 3.63) is 10.7 Å². The normalized spacial score (nSPS) is 14.1. The molecule has 0 unspecified atom stereocenters. The highest BCUT2D eigenvalue weighted by Crippen LogP contribution is 2.19. The Hall–Kier alpha value is 0.104. The van der Waals surface area contributed by atoms with Gasteiger partial charge in [-0.25, -0.2) is 3.97 Å². The van der Waals surface area contributed by atoms with Gasteiger partial charge >= 0.3 is 10.2 Å². The quantitative estimate of drug-likeness (QED) is 0.730. The molecule has 0 fully saturated rings. The van der Waals surface area contributed by atoms with Gasteiger partial charge in [-0.05, 0) is 21.1 Å². The van der Waals surface area contributed by atoms with E-state index >= 15 is 0 Å². The lowest BCUT2D eigenvalue weighted by atomic mass is 10.7. The topological polar surface area (TPSA) is 42.3 Å². The first-order valence-electron chi connectivity index (χ1n) is 6.55. The second kappa shape index (κ2) is 5.38. The first-order chi connectivity index (χ1) is 8.70. The van der Waals surface area contributed by atoms with Crippen molar-refractivity contribution < 1.29 is 8.42 Å². The highest BCUT2D eigenvalue weighted by molar-refractivity contribution is 9.10. The molecule has 20 heavy (non-hydrogen) atoms. The third kappa shape index (κ3) is 3.29. The molecule has 0 aliphatic heterocycles. The Labute approximate surface area is 133 Å². The van der Waals surface area contributed by atoms with Gasteiger partial charge in [0.1, 0.15) is 8.07 Å². The third-order valence-electron chi connectivity index (χ3n) is 3.14. The summed E-state index contributed by atoms with van der Waals surface area (Å²) in [5, 5.41) is 2.11. The van der Waals surface area contributed by atoms with Crippen molar-refractivity contribution in [2.24, 2.45) is 0 Å². The summed E-state index contributed by atoms with van der Waals surface area (Å²) < 4.78 is 29.0. The Morgan fingerprint density at radius 2 is 1.50 bits per heavy atom. The maximum atomic E-state index is 12.6. The number of rotatable bonds is 4. The van der Waals surface area contributed by atoms with Gasteiger partial charge in [-0.15, -0.1) is 0 Å². The predicted octanol–water partition coefficient (Wildman–Crippen LogP) is 2.00. The summed E-state index contributed by atoms with van der Waals surface area (Å²) >= 11 is 3.68. The molecule has 8 heteroatoms. The average Bonchev–Trinajstić information content (AvgIpc) is 2.54. The molecule has 1 rings (SSSR count). The van der Waals surface area contributed by atoms with Crippen LogP contribution >= 0.6 is 15.9 Å². The minimum atomic E-state index is -3.48. The number of hydrogen-bond acceptors (Lipinski definition) is 2. The van der Waals surface area contributed by atoms with Gasteiger partial charge in [-0.1, -0.05) is 39.3 Å². The zero-order valence-corrected chi connectivity index (χ0v) is 18.0. The standard InChI is InChI=1S/C12H25BrN2O2SSi2/c1-14(2)18(16,17)15-9-10(19(3,4)5)11(13)12(15)20(6,7)8/h9H,1-8H3. The van der Waals surface area contributed by atoms with E-state index in [1.165, 1.54) is 13.5 Å². The highest BCUT2D eigenvalue weighted by atomic mass is 79.9. The monoisotopic (exact) mass is 396 g/mol. The summed E-state index contributed by atoms with van der Waals surface area (Å²) in [5.74, 6) is 0. The lowest BCUT2D eigenvalue weighted by molar-refractivity contribution is 0.512. The van der Waals surface area contributed by atoms with Crippen molar-refractivity contribution >= 4 is 52.8 Å². The minimum Gasteiger partial charge on any atom is -0.241 e. The maximum absolute atomic E-state index is 12.6. The second-order valence-electron chi connectivity index (χ2n) is 7.29. The molecule has 0 saturated carbocycles. The van der Waals surface area contributed by atoms with Crippen molar-refractivity contribution in [3.8, 4) is 0 Å². The lowest BCUT2D eigenvalue weighted by Gasteiger charge is -2.22. The van der Waals surface area contributed by atoms with E-state index in [9.17, 15) is 8.42 Å². The molecule has 0 bridgehead atoms. The van der Waals surface area contributed by atoms with Crippen LogP contribution in [0, 0.1) is 0 Å². The molecule has 0 saturated heterocycles. The van der Waals surface area contributed by atoms with Gasteiger partial charge in [0.15, 0.2) is 0 Å². The summed E-state index contributed by atoms with van der Waals surface area (Å²) in [7, 11) is -3.74. The number of nitrogens with zero attached hydrogens (tertiary/aromatic N) is 2. The van der Waals surface area contributed by atoms with E-state index in [0.29, 0.717) is 0 Å². The second-order valence-corrected chi connectivity index (χ2v) is 20.1. The van der Waals surface area contributed by atoms with E-state index in [0.717, 1.165) is 9.79 Å². The summed E-state index contributed by atoms with van der Waals surface area (Å²) in [5.41, 5.74) is 0. The molecule has 4 nitrogen and oxygen atoms in total. The Balaban J connectivity index is 3.79. The summed E-state index contributed by atoms with van der Waals surface area (Å²) in [6, 6.07) is 0. The summed E-state index contributed by atoms with van der Waals surface area (Å²) in [6.45, 7) is 13.2. The SMILES string of the molecule is CN(C)S(=O)(=O)n1cc([Si](C)(C)C)c(Br)c1[Si](C)(C)C. The van der Waals surface area contributed by atoms with Crippen molar-refractivity contribution in [1.82, 2.24) is 8.28 Å². The lowest BCUT2D eigenvalue weighted by Crippen LogP contribution is -2.48. The van der Waals surface area contributed by atoms with Crippen molar-refractivity contribution in [3.63, 3.8) is 0 Å². The van der Waals surface area contributed by atoms with Crippen LogP contribution in [-0.4, -0.2) is 46.9 Å². The van der Waals surface area contributed by atoms with E-state index in [-0.39, 0.29) is 0 Å². The molecule has 0 amide bonds. The molecular formula is C12H25BrN2O2SSi2. The molecule has 1 aromatic heterocycles. The first-order valence-corrected chi connectivity index (χ1v) is 15.7. The van der Waals surface area contributed by atoms with Crippen molar-refractivity contribution in [2.45, 2.75) is 39.3 Å². The van der Waals surface area contributed by atoms with E-state index in [4.69, 9.17) is 0 Å². The Morgan fingerprint density at radius 3 is 1.80 bits per heavy atom. The van der Waals surface area contributed by atoms with E-state index in [2.05, 4.69) is 55.2 Å². The predicted molar refractivity (Wildman–Crippen MR) is 96.1 cm³/mol. The molecule has 0 N–H and O–H groups in total. The fourth-order valence-corrected chi connectivity index (χ4v) is 11.1. The maximum Gasteiger partial charge on any atom is 0.306 e. The molecule has 0 aromatic carbocycles. The van der Waals surface area contributed by atoms with Crippen LogP contribution in [0.1, 0.15) is 0 Å². The minimum absolute atomic E-state index is 0.948. The van der Waals surface area contributed by atoms with Gasteiger partial charge < -0.3 is 0 Å². The fraction of sp³-hybridized carbons (Fsp3) is 0.667. The Kier molecular flexibility index (Phi) is 4.89.